The molecule has 0 spiro atoms. The van der Waals surface area contributed by atoms with Gasteiger partial charge in [-0.05, 0) is 22.9 Å². The number of anilines is 2. The van der Waals surface area contributed by atoms with Gasteiger partial charge in [-0.3, -0.25) is 0 Å². The number of rotatable bonds is 2. The SMILES string of the molecule is Nc1c(-c2cccs2)sc(-c2cccs2)c1N. The van der Waals surface area contributed by atoms with E-state index in [0.29, 0.717) is 11.4 Å². The molecule has 0 unspecified atom stereocenters. The molecule has 0 aliphatic rings. The Morgan fingerprint density at radius 1 is 0.765 bits per heavy atom. The highest BCUT2D eigenvalue weighted by Gasteiger charge is 2.17. The second-order valence-electron chi connectivity index (χ2n) is 3.54. The van der Waals surface area contributed by atoms with Crippen molar-refractivity contribution in [1.29, 1.82) is 0 Å². The molecule has 2 nitrogen and oxygen atoms in total. The van der Waals surface area contributed by atoms with Crippen molar-refractivity contribution in [3.05, 3.63) is 35.0 Å². The van der Waals surface area contributed by atoms with Crippen LogP contribution in [0.4, 0.5) is 11.4 Å². The zero-order chi connectivity index (χ0) is 11.8. The van der Waals surface area contributed by atoms with E-state index in [1.807, 2.05) is 12.1 Å². The minimum absolute atomic E-state index is 0.709. The third kappa shape index (κ3) is 1.76. The topological polar surface area (TPSA) is 52.0 Å². The molecule has 0 aliphatic heterocycles. The maximum Gasteiger partial charge on any atom is 0.0752 e. The molecular weight excluding hydrogens is 268 g/mol. The van der Waals surface area contributed by atoms with Crippen molar-refractivity contribution in [2.24, 2.45) is 0 Å². The first kappa shape index (κ1) is 10.8. The van der Waals surface area contributed by atoms with Gasteiger partial charge in [0.2, 0.25) is 0 Å². The number of hydrogen-bond acceptors (Lipinski definition) is 5. The van der Waals surface area contributed by atoms with E-state index in [4.69, 9.17) is 11.5 Å². The van der Waals surface area contributed by atoms with Gasteiger partial charge in [-0.1, -0.05) is 12.1 Å². The second kappa shape index (κ2) is 4.18. The van der Waals surface area contributed by atoms with E-state index in [9.17, 15) is 0 Å². The summed E-state index contributed by atoms with van der Waals surface area (Å²) in [5.41, 5.74) is 13.6. The van der Waals surface area contributed by atoms with Crippen LogP contribution in [0, 0.1) is 0 Å². The molecular formula is C12H10N2S3. The van der Waals surface area contributed by atoms with Gasteiger partial charge in [0.15, 0.2) is 0 Å². The van der Waals surface area contributed by atoms with Gasteiger partial charge in [-0.25, -0.2) is 0 Å². The molecule has 0 fully saturated rings. The van der Waals surface area contributed by atoms with Crippen molar-refractivity contribution in [1.82, 2.24) is 0 Å². The second-order valence-corrected chi connectivity index (χ2v) is 6.46. The molecule has 0 amide bonds. The van der Waals surface area contributed by atoms with E-state index < -0.39 is 0 Å². The van der Waals surface area contributed by atoms with Crippen molar-refractivity contribution in [3.63, 3.8) is 0 Å². The predicted molar refractivity (Wildman–Crippen MR) is 79.8 cm³/mol. The van der Waals surface area contributed by atoms with Crippen LogP contribution in [0.2, 0.25) is 0 Å². The Balaban J connectivity index is 2.18. The first-order chi connectivity index (χ1) is 8.27. The maximum absolute atomic E-state index is 6.10. The minimum atomic E-state index is 0.709. The van der Waals surface area contributed by atoms with Crippen molar-refractivity contribution < 1.29 is 0 Å². The molecule has 3 aromatic rings. The van der Waals surface area contributed by atoms with Crippen molar-refractivity contribution in [3.8, 4) is 19.5 Å². The summed E-state index contributed by atoms with van der Waals surface area (Å²) in [6, 6.07) is 8.20. The maximum atomic E-state index is 6.10. The molecule has 3 heterocycles. The van der Waals surface area contributed by atoms with Crippen molar-refractivity contribution in [2.75, 3.05) is 11.5 Å². The molecule has 0 atom stereocenters. The van der Waals surface area contributed by atoms with Gasteiger partial charge in [-0.2, -0.15) is 0 Å². The summed E-state index contributed by atoms with van der Waals surface area (Å²) in [5.74, 6) is 0. The molecule has 0 radical (unpaired) electrons. The van der Waals surface area contributed by atoms with Crippen LogP contribution in [-0.4, -0.2) is 0 Å². The first-order valence-electron chi connectivity index (χ1n) is 5.03. The summed E-state index contributed by atoms with van der Waals surface area (Å²) in [6.07, 6.45) is 0. The lowest BCUT2D eigenvalue weighted by atomic mass is 10.2. The average molecular weight is 278 g/mol. The van der Waals surface area contributed by atoms with Crippen LogP contribution in [-0.2, 0) is 0 Å². The number of hydrogen-bond donors (Lipinski definition) is 2. The fourth-order valence-corrected chi connectivity index (χ4v) is 4.51. The van der Waals surface area contributed by atoms with Gasteiger partial charge in [0, 0.05) is 9.75 Å². The minimum Gasteiger partial charge on any atom is -0.396 e. The highest BCUT2D eigenvalue weighted by Crippen LogP contribution is 2.48. The largest absolute Gasteiger partial charge is 0.396 e. The molecule has 3 rings (SSSR count). The lowest BCUT2D eigenvalue weighted by Gasteiger charge is -1.95. The van der Waals surface area contributed by atoms with Crippen LogP contribution in [0.5, 0.6) is 0 Å². The van der Waals surface area contributed by atoms with Crippen LogP contribution in [0.3, 0.4) is 0 Å². The Morgan fingerprint density at radius 2 is 1.24 bits per heavy atom. The summed E-state index contributed by atoms with van der Waals surface area (Å²) >= 11 is 5.05. The number of thiophene rings is 3. The Hall–Kier alpha value is -1.30. The molecule has 0 saturated heterocycles. The monoisotopic (exact) mass is 278 g/mol. The summed E-state index contributed by atoms with van der Waals surface area (Å²) in [7, 11) is 0. The normalized spacial score (nSPS) is 10.8. The van der Waals surface area contributed by atoms with E-state index in [-0.39, 0.29) is 0 Å². The van der Waals surface area contributed by atoms with Crippen LogP contribution in [0.1, 0.15) is 0 Å². The molecule has 86 valence electrons. The van der Waals surface area contributed by atoms with E-state index in [1.54, 1.807) is 34.0 Å². The van der Waals surface area contributed by atoms with Gasteiger partial charge in [0.1, 0.15) is 0 Å². The van der Waals surface area contributed by atoms with Crippen LogP contribution in [0.15, 0.2) is 35.0 Å². The van der Waals surface area contributed by atoms with Crippen LogP contribution >= 0.6 is 34.0 Å². The zero-order valence-corrected chi connectivity index (χ0v) is 11.3. The molecule has 5 heteroatoms. The Labute approximate surface area is 111 Å². The Morgan fingerprint density at radius 3 is 1.59 bits per heavy atom. The Bertz CT molecular complexity index is 566. The lowest BCUT2D eigenvalue weighted by molar-refractivity contribution is 1.80. The quantitative estimate of drug-likeness (QED) is 0.731. The van der Waals surface area contributed by atoms with Gasteiger partial charge in [-0.15, -0.1) is 34.0 Å². The van der Waals surface area contributed by atoms with Crippen molar-refractivity contribution >= 4 is 45.4 Å². The van der Waals surface area contributed by atoms with Gasteiger partial charge < -0.3 is 11.5 Å². The lowest BCUT2D eigenvalue weighted by Crippen LogP contribution is -1.91. The third-order valence-electron chi connectivity index (χ3n) is 2.47. The fourth-order valence-electron chi connectivity index (χ4n) is 1.64. The molecule has 4 N–H and O–H groups in total. The summed E-state index contributed by atoms with van der Waals surface area (Å²) in [5, 5.41) is 4.10. The van der Waals surface area contributed by atoms with E-state index in [1.165, 1.54) is 9.75 Å². The van der Waals surface area contributed by atoms with Gasteiger partial charge in [0.05, 0.1) is 21.1 Å². The number of nitrogens with two attached hydrogens (primary N) is 2. The summed E-state index contributed by atoms with van der Waals surface area (Å²) < 4.78 is 0. The van der Waals surface area contributed by atoms with Gasteiger partial charge >= 0.3 is 0 Å². The number of nitrogen functional groups attached to an aromatic ring is 2. The molecule has 0 saturated carbocycles. The molecule has 0 bridgehead atoms. The molecule has 0 aliphatic carbocycles. The standard InChI is InChI=1S/C12H10N2S3/c13-9-10(14)12(8-4-2-6-16-8)17-11(9)7-3-1-5-15-7/h1-6H,13-14H2. The van der Waals surface area contributed by atoms with E-state index >= 15 is 0 Å². The zero-order valence-electron chi connectivity index (χ0n) is 8.84. The predicted octanol–water partition coefficient (Wildman–Crippen LogP) is 4.37. The fraction of sp³-hybridized carbons (Fsp3) is 0. The third-order valence-corrected chi connectivity index (χ3v) is 5.79. The molecule has 0 aromatic carbocycles. The van der Waals surface area contributed by atoms with Gasteiger partial charge in [0.25, 0.3) is 0 Å². The van der Waals surface area contributed by atoms with Crippen LogP contribution < -0.4 is 11.5 Å². The van der Waals surface area contributed by atoms with E-state index in [2.05, 4.69) is 22.9 Å². The highest BCUT2D eigenvalue weighted by molar-refractivity contribution is 7.26. The molecule has 3 aromatic heterocycles. The smallest absolute Gasteiger partial charge is 0.0752 e. The highest BCUT2D eigenvalue weighted by atomic mass is 32.1. The molecule has 17 heavy (non-hydrogen) atoms. The van der Waals surface area contributed by atoms with E-state index in [0.717, 1.165) is 9.75 Å². The van der Waals surface area contributed by atoms with Crippen LogP contribution in [0.25, 0.3) is 19.5 Å². The summed E-state index contributed by atoms with van der Waals surface area (Å²) in [4.78, 5) is 4.53. The first-order valence-corrected chi connectivity index (χ1v) is 7.60. The average Bonchev–Trinajstić information content (AvgIpc) is 3.02. The summed E-state index contributed by atoms with van der Waals surface area (Å²) in [6.45, 7) is 0. The Kier molecular flexibility index (Phi) is 2.66. The van der Waals surface area contributed by atoms with Crippen molar-refractivity contribution in [2.45, 2.75) is 0 Å².